The molecule has 1 amide bonds. The first-order chi connectivity index (χ1) is 13.4. The van der Waals surface area contributed by atoms with Gasteiger partial charge in [0.15, 0.2) is 11.5 Å². The van der Waals surface area contributed by atoms with E-state index in [4.69, 9.17) is 9.47 Å². The van der Waals surface area contributed by atoms with E-state index in [2.05, 4.69) is 15.6 Å². The summed E-state index contributed by atoms with van der Waals surface area (Å²) in [4.78, 5) is 18.5. The van der Waals surface area contributed by atoms with E-state index in [0.29, 0.717) is 16.1 Å². The predicted molar refractivity (Wildman–Crippen MR) is 103 cm³/mol. The standard InChI is InChI=1S/C19H17F2N3O3S/c1-8-7-9(2)22-18-12(8)13-15(28-18)17(25)24-16(23-13)10-5-4-6-11(26-3)14(10)27-19(20)21/h4-7,16,19,23H,1-3H3,(H,24,25)/t16-/m1/s1. The molecule has 1 atom stereocenters. The molecule has 1 aliphatic rings. The number of carbonyl (C=O) groups excluding carboxylic acids is 1. The molecule has 1 aromatic carbocycles. The van der Waals surface area contributed by atoms with Crippen molar-refractivity contribution in [3.05, 3.63) is 46.0 Å². The van der Waals surface area contributed by atoms with Gasteiger partial charge in [0, 0.05) is 16.6 Å². The molecule has 0 bridgehead atoms. The van der Waals surface area contributed by atoms with Crippen molar-refractivity contribution < 1.29 is 23.0 Å². The van der Waals surface area contributed by atoms with Gasteiger partial charge in [0.25, 0.3) is 5.91 Å². The first-order valence-corrected chi connectivity index (χ1v) is 9.30. The van der Waals surface area contributed by atoms with E-state index in [-0.39, 0.29) is 17.4 Å². The van der Waals surface area contributed by atoms with Crippen LogP contribution in [-0.2, 0) is 0 Å². The van der Waals surface area contributed by atoms with Gasteiger partial charge in [-0.3, -0.25) is 4.79 Å². The molecule has 9 heteroatoms. The molecule has 0 saturated heterocycles. The van der Waals surface area contributed by atoms with Gasteiger partial charge in [-0.15, -0.1) is 11.3 Å². The summed E-state index contributed by atoms with van der Waals surface area (Å²) in [5.74, 6) is -0.264. The minimum absolute atomic E-state index is 0.119. The summed E-state index contributed by atoms with van der Waals surface area (Å²) in [5.41, 5.74) is 2.83. The molecule has 2 N–H and O–H groups in total. The number of amides is 1. The number of benzene rings is 1. The van der Waals surface area contributed by atoms with Gasteiger partial charge in [-0.05, 0) is 31.5 Å². The number of carbonyl (C=O) groups is 1. The quantitative estimate of drug-likeness (QED) is 0.674. The molecule has 0 saturated carbocycles. The highest BCUT2D eigenvalue weighted by molar-refractivity contribution is 7.21. The average molecular weight is 405 g/mol. The Labute approximate surface area is 163 Å². The summed E-state index contributed by atoms with van der Waals surface area (Å²) in [6.45, 7) is 0.816. The minimum atomic E-state index is -3.03. The van der Waals surface area contributed by atoms with Crippen molar-refractivity contribution >= 4 is 33.1 Å². The summed E-state index contributed by atoms with van der Waals surface area (Å²) in [6.07, 6.45) is -0.762. The number of anilines is 1. The van der Waals surface area contributed by atoms with E-state index in [1.54, 1.807) is 12.1 Å². The van der Waals surface area contributed by atoms with Crippen LogP contribution in [0.15, 0.2) is 24.3 Å². The van der Waals surface area contributed by atoms with Crippen LogP contribution in [0.1, 0.15) is 32.7 Å². The first kappa shape index (κ1) is 18.4. The maximum Gasteiger partial charge on any atom is 0.387 e. The molecule has 3 aromatic rings. The molecule has 0 unspecified atom stereocenters. The predicted octanol–water partition coefficient (Wildman–Crippen LogP) is 4.38. The van der Waals surface area contributed by atoms with Crippen LogP contribution in [0.3, 0.4) is 0 Å². The Morgan fingerprint density at radius 2 is 2.04 bits per heavy atom. The molecule has 2 aromatic heterocycles. The summed E-state index contributed by atoms with van der Waals surface area (Å²) in [7, 11) is 1.37. The Bertz CT molecular complexity index is 1080. The van der Waals surface area contributed by atoms with Crippen molar-refractivity contribution in [2.75, 3.05) is 12.4 Å². The number of alkyl halides is 2. The average Bonchev–Trinajstić information content (AvgIpc) is 3.00. The molecule has 0 aliphatic carbocycles. The summed E-state index contributed by atoms with van der Waals surface area (Å²) in [5, 5.41) is 6.90. The van der Waals surface area contributed by atoms with Gasteiger partial charge in [-0.2, -0.15) is 8.78 Å². The zero-order valence-electron chi connectivity index (χ0n) is 15.3. The largest absolute Gasteiger partial charge is 0.493 e. The lowest BCUT2D eigenvalue weighted by Gasteiger charge is -2.28. The van der Waals surface area contributed by atoms with Gasteiger partial charge in [0.2, 0.25) is 0 Å². The molecule has 3 heterocycles. The minimum Gasteiger partial charge on any atom is -0.493 e. The number of para-hydroxylation sites is 1. The third-order valence-electron chi connectivity index (χ3n) is 4.50. The van der Waals surface area contributed by atoms with Gasteiger partial charge in [-0.1, -0.05) is 12.1 Å². The topological polar surface area (TPSA) is 72.5 Å². The highest BCUT2D eigenvalue weighted by Gasteiger charge is 2.32. The fraction of sp³-hybridized carbons (Fsp3) is 0.263. The zero-order valence-corrected chi connectivity index (χ0v) is 16.1. The number of hydrogen-bond donors (Lipinski definition) is 2. The second-order valence-electron chi connectivity index (χ2n) is 6.37. The van der Waals surface area contributed by atoms with Crippen molar-refractivity contribution in [3.63, 3.8) is 0 Å². The molecule has 0 spiro atoms. The van der Waals surface area contributed by atoms with Crippen LogP contribution in [0.4, 0.5) is 14.5 Å². The van der Waals surface area contributed by atoms with E-state index >= 15 is 0 Å². The van der Waals surface area contributed by atoms with Gasteiger partial charge >= 0.3 is 6.61 Å². The fourth-order valence-electron chi connectivity index (χ4n) is 3.41. The fourth-order valence-corrected chi connectivity index (χ4v) is 4.57. The Balaban J connectivity index is 1.83. The second kappa shape index (κ2) is 6.90. The number of hydrogen-bond acceptors (Lipinski definition) is 6. The van der Waals surface area contributed by atoms with Gasteiger partial charge in [0.05, 0.1) is 12.8 Å². The summed E-state index contributed by atoms with van der Waals surface area (Å²) >= 11 is 1.29. The number of nitrogens with zero attached hydrogens (tertiary/aromatic N) is 1. The van der Waals surface area contributed by atoms with Crippen molar-refractivity contribution in [2.24, 2.45) is 0 Å². The lowest BCUT2D eigenvalue weighted by atomic mass is 10.1. The molecule has 146 valence electrons. The van der Waals surface area contributed by atoms with Crippen LogP contribution >= 0.6 is 11.3 Å². The van der Waals surface area contributed by atoms with E-state index in [0.717, 1.165) is 21.5 Å². The molecule has 28 heavy (non-hydrogen) atoms. The third kappa shape index (κ3) is 3.01. The summed E-state index contributed by atoms with van der Waals surface area (Å²) < 4.78 is 35.8. The van der Waals surface area contributed by atoms with Crippen LogP contribution in [-0.4, -0.2) is 24.6 Å². The van der Waals surface area contributed by atoms with E-state index in [1.165, 1.54) is 24.5 Å². The van der Waals surface area contributed by atoms with Crippen LogP contribution in [0.2, 0.25) is 0 Å². The Hall–Kier alpha value is -2.94. The number of ether oxygens (including phenoxy) is 2. The van der Waals surface area contributed by atoms with Gasteiger partial charge in [-0.25, -0.2) is 4.98 Å². The Morgan fingerprint density at radius 3 is 2.75 bits per heavy atom. The number of rotatable bonds is 4. The van der Waals surface area contributed by atoms with E-state index < -0.39 is 12.8 Å². The van der Waals surface area contributed by atoms with Crippen molar-refractivity contribution in [2.45, 2.75) is 26.6 Å². The highest BCUT2D eigenvalue weighted by Crippen LogP contribution is 2.43. The third-order valence-corrected chi connectivity index (χ3v) is 5.59. The number of pyridine rings is 1. The molecule has 0 fully saturated rings. The number of fused-ring (bicyclic) bond motifs is 3. The van der Waals surface area contributed by atoms with E-state index in [1.807, 2.05) is 19.9 Å². The first-order valence-electron chi connectivity index (χ1n) is 8.49. The highest BCUT2D eigenvalue weighted by atomic mass is 32.1. The number of halogens is 2. The van der Waals surface area contributed by atoms with Crippen molar-refractivity contribution in [3.8, 4) is 11.5 Å². The molecule has 1 aliphatic heterocycles. The lowest BCUT2D eigenvalue weighted by Crippen LogP contribution is -2.38. The molecule has 6 nitrogen and oxygen atoms in total. The molecule has 4 rings (SSSR count). The van der Waals surface area contributed by atoms with Crippen molar-refractivity contribution in [1.29, 1.82) is 0 Å². The lowest BCUT2D eigenvalue weighted by molar-refractivity contribution is -0.0520. The number of thiophene rings is 1. The van der Waals surface area contributed by atoms with Crippen LogP contribution < -0.4 is 20.1 Å². The van der Waals surface area contributed by atoms with E-state index in [9.17, 15) is 13.6 Å². The number of nitrogens with one attached hydrogen (secondary N) is 2. The SMILES string of the molecule is COc1cccc([C@H]2NC(=O)c3sc4nc(C)cc(C)c4c3N2)c1OC(F)F. The zero-order chi connectivity index (χ0) is 20.0. The Kier molecular flexibility index (Phi) is 4.54. The number of methoxy groups -OCH3 is 1. The van der Waals surface area contributed by atoms with Crippen molar-refractivity contribution in [1.82, 2.24) is 10.3 Å². The Morgan fingerprint density at radius 1 is 1.25 bits per heavy atom. The molecular formula is C19H17F2N3O3S. The van der Waals surface area contributed by atoms with Crippen LogP contribution in [0.25, 0.3) is 10.2 Å². The summed E-state index contributed by atoms with van der Waals surface area (Å²) in [6, 6.07) is 6.72. The molecular weight excluding hydrogens is 388 g/mol. The normalized spacial score (nSPS) is 15.9. The second-order valence-corrected chi connectivity index (χ2v) is 7.37. The van der Waals surface area contributed by atoms with Gasteiger partial charge < -0.3 is 20.1 Å². The number of aryl methyl sites for hydroxylation is 2. The van der Waals surface area contributed by atoms with Gasteiger partial charge in [0.1, 0.15) is 15.9 Å². The smallest absolute Gasteiger partial charge is 0.387 e. The monoisotopic (exact) mass is 405 g/mol. The van der Waals surface area contributed by atoms with Crippen LogP contribution in [0.5, 0.6) is 11.5 Å². The number of aromatic nitrogens is 1. The maximum atomic E-state index is 13.0. The maximum absolute atomic E-state index is 13.0. The van der Waals surface area contributed by atoms with Crippen LogP contribution in [0, 0.1) is 13.8 Å². The molecule has 0 radical (unpaired) electrons.